The first-order chi connectivity index (χ1) is 11.6. The summed E-state index contributed by atoms with van der Waals surface area (Å²) in [7, 11) is 0. The number of nitrogens with one attached hydrogen (secondary N) is 1. The second-order valence-electron chi connectivity index (χ2n) is 6.34. The molecule has 0 radical (unpaired) electrons. The first kappa shape index (κ1) is 19.5. The molecule has 0 saturated carbocycles. The van der Waals surface area contributed by atoms with E-state index >= 15 is 0 Å². The summed E-state index contributed by atoms with van der Waals surface area (Å²) in [6.07, 6.45) is -4.46. The average molecular weight is 360 g/mol. The van der Waals surface area contributed by atoms with Gasteiger partial charge in [-0.3, -0.25) is 9.69 Å². The predicted molar refractivity (Wildman–Crippen MR) is 86.5 cm³/mol. The highest BCUT2D eigenvalue weighted by Gasteiger charge is 2.31. The van der Waals surface area contributed by atoms with Crippen LogP contribution in [0.3, 0.4) is 0 Å². The Morgan fingerprint density at radius 1 is 1.28 bits per heavy atom. The standard InChI is InChI=1S/C17H23F3N2O3/c1-11(22-9-12(2)24-13(3)10-22)8-21-16(23)14-4-6-15(7-5-14)25-17(18,19)20/h4-7,11-13H,8-10H2,1-3H3,(H,21,23). The van der Waals surface area contributed by atoms with Crippen molar-refractivity contribution >= 4 is 5.91 Å². The number of ether oxygens (including phenoxy) is 2. The Hall–Kier alpha value is -1.80. The van der Waals surface area contributed by atoms with Crippen LogP contribution in [0, 0.1) is 0 Å². The van der Waals surface area contributed by atoms with Crippen LogP contribution in [0.2, 0.25) is 0 Å². The number of hydrogen-bond acceptors (Lipinski definition) is 4. The van der Waals surface area contributed by atoms with Gasteiger partial charge in [0.05, 0.1) is 12.2 Å². The Labute approximate surface area is 145 Å². The van der Waals surface area contributed by atoms with Crippen LogP contribution in [0.5, 0.6) is 5.75 Å². The Morgan fingerprint density at radius 2 is 1.84 bits per heavy atom. The van der Waals surface area contributed by atoms with Crippen LogP contribution in [0.15, 0.2) is 24.3 Å². The molecule has 0 aliphatic carbocycles. The van der Waals surface area contributed by atoms with E-state index in [1.165, 1.54) is 12.1 Å². The van der Waals surface area contributed by atoms with Crippen molar-refractivity contribution < 1.29 is 27.4 Å². The molecule has 140 valence electrons. The molecule has 2 rings (SSSR count). The summed E-state index contributed by atoms with van der Waals surface area (Å²) in [6, 6.07) is 4.99. The van der Waals surface area contributed by atoms with Gasteiger partial charge < -0.3 is 14.8 Å². The lowest BCUT2D eigenvalue weighted by atomic mass is 10.1. The van der Waals surface area contributed by atoms with Gasteiger partial charge >= 0.3 is 6.36 Å². The lowest BCUT2D eigenvalue weighted by Crippen LogP contribution is -2.52. The summed E-state index contributed by atoms with van der Waals surface area (Å²) in [5, 5.41) is 2.81. The molecule has 0 aromatic heterocycles. The van der Waals surface area contributed by atoms with Crippen molar-refractivity contribution in [3.05, 3.63) is 29.8 Å². The lowest BCUT2D eigenvalue weighted by Gasteiger charge is -2.39. The minimum atomic E-state index is -4.74. The van der Waals surface area contributed by atoms with E-state index in [-0.39, 0.29) is 35.5 Å². The van der Waals surface area contributed by atoms with Gasteiger partial charge in [0.1, 0.15) is 5.75 Å². The van der Waals surface area contributed by atoms with E-state index in [1.807, 2.05) is 20.8 Å². The van der Waals surface area contributed by atoms with Gasteiger partial charge in [0.25, 0.3) is 5.91 Å². The Morgan fingerprint density at radius 3 is 2.36 bits per heavy atom. The molecule has 1 aliphatic heterocycles. The van der Waals surface area contributed by atoms with E-state index in [1.54, 1.807) is 0 Å². The highest BCUT2D eigenvalue weighted by atomic mass is 19.4. The van der Waals surface area contributed by atoms with Gasteiger partial charge in [-0.05, 0) is 45.0 Å². The number of alkyl halides is 3. The number of carbonyl (C=O) groups is 1. The molecule has 1 heterocycles. The summed E-state index contributed by atoms with van der Waals surface area (Å²) in [6.45, 7) is 8.08. The highest BCUT2D eigenvalue weighted by molar-refractivity contribution is 5.94. The molecule has 0 spiro atoms. The molecule has 3 atom stereocenters. The van der Waals surface area contributed by atoms with Crippen LogP contribution >= 0.6 is 0 Å². The van der Waals surface area contributed by atoms with Crippen molar-refractivity contribution in [2.45, 2.75) is 45.4 Å². The van der Waals surface area contributed by atoms with Crippen molar-refractivity contribution in [1.82, 2.24) is 10.2 Å². The molecule has 1 aromatic carbocycles. The second-order valence-corrected chi connectivity index (χ2v) is 6.34. The first-order valence-corrected chi connectivity index (χ1v) is 8.17. The van der Waals surface area contributed by atoms with Gasteiger partial charge in [0.15, 0.2) is 0 Å². The van der Waals surface area contributed by atoms with Gasteiger partial charge in [-0.2, -0.15) is 0 Å². The van der Waals surface area contributed by atoms with E-state index in [0.29, 0.717) is 6.54 Å². The van der Waals surface area contributed by atoms with Crippen LogP contribution in [0.4, 0.5) is 13.2 Å². The van der Waals surface area contributed by atoms with Gasteiger partial charge in [-0.25, -0.2) is 0 Å². The van der Waals surface area contributed by atoms with Crippen molar-refractivity contribution in [3.63, 3.8) is 0 Å². The first-order valence-electron chi connectivity index (χ1n) is 8.17. The second kappa shape index (κ2) is 8.05. The van der Waals surface area contributed by atoms with Crippen LogP contribution < -0.4 is 10.1 Å². The van der Waals surface area contributed by atoms with E-state index in [0.717, 1.165) is 25.2 Å². The number of halogens is 3. The third kappa shape index (κ3) is 6.21. The van der Waals surface area contributed by atoms with E-state index < -0.39 is 6.36 Å². The molecule has 3 unspecified atom stereocenters. The molecule has 1 aromatic rings. The fraction of sp³-hybridized carbons (Fsp3) is 0.588. The molecule has 8 heteroatoms. The quantitative estimate of drug-likeness (QED) is 0.877. The maximum Gasteiger partial charge on any atom is 0.573 e. The maximum atomic E-state index is 12.1. The average Bonchev–Trinajstić information content (AvgIpc) is 2.50. The summed E-state index contributed by atoms with van der Waals surface area (Å²) in [5.74, 6) is -0.687. The Bertz CT molecular complexity index is 567. The van der Waals surface area contributed by atoms with Crippen LogP contribution in [0.1, 0.15) is 31.1 Å². The fourth-order valence-electron chi connectivity index (χ4n) is 2.86. The molecule has 1 aliphatic rings. The monoisotopic (exact) mass is 360 g/mol. The zero-order valence-corrected chi connectivity index (χ0v) is 14.5. The van der Waals surface area contributed by atoms with Gasteiger partial charge in [-0.1, -0.05) is 0 Å². The molecule has 25 heavy (non-hydrogen) atoms. The minimum absolute atomic E-state index is 0.130. The third-order valence-electron chi connectivity index (χ3n) is 3.98. The molecule has 1 N–H and O–H groups in total. The number of nitrogens with zero attached hydrogens (tertiary/aromatic N) is 1. The van der Waals surface area contributed by atoms with Crippen LogP contribution in [-0.2, 0) is 4.74 Å². The number of hydrogen-bond donors (Lipinski definition) is 1. The Kier molecular flexibility index (Phi) is 6.29. The van der Waals surface area contributed by atoms with Crippen LogP contribution in [-0.4, -0.2) is 55.1 Å². The van der Waals surface area contributed by atoms with E-state index in [9.17, 15) is 18.0 Å². The van der Waals surface area contributed by atoms with Crippen molar-refractivity contribution in [1.29, 1.82) is 0 Å². The zero-order chi connectivity index (χ0) is 18.6. The summed E-state index contributed by atoms with van der Waals surface area (Å²) >= 11 is 0. The summed E-state index contributed by atoms with van der Waals surface area (Å²) in [4.78, 5) is 14.4. The number of benzene rings is 1. The smallest absolute Gasteiger partial charge is 0.406 e. The van der Waals surface area contributed by atoms with Gasteiger partial charge in [0.2, 0.25) is 0 Å². The third-order valence-corrected chi connectivity index (χ3v) is 3.98. The molecular formula is C17H23F3N2O3. The Balaban J connectivity index is 1.85. The van der Waals surface area contributed by atoms with Crippen molar-refractivity contribution in [2.75, 3.05) is 19.6 Å². The SMILES string of the molecule is CC1CN(C(C)CNC(=O)c2ccc(OC(F)(F)F)cc2)CC(C)O1. The molecule has 5 nitrogen and oxygen atoms in total. The fourth-order valence-corrected chi connectivity index (χ4v) is 2.86. The number of amides is 1. The zero-order valence-electron chi connectivity index (χ0n) is 14.5. The lowest BCUT2D eigenvalue weighted by molar-refractivity contribution is -0.274. The van der Waals surface area contributed by atoms with Crippen molar-refractivity contribution in [3.8, 4) is 5.75 Å². The normalized spacial score (nSPS) is 23.1. The van der Waals surface area contributed by atoms with Crippen molar-refractivity contribution in [2.24, 2.45) is 0 Å². The molecule has 1 saturated heterocycles. The van der Waals surface area contributed by atoms with E-state index in [4.69, 9.17) is 4.74 Å². The van der Waals surface area contributed by atoms with E-state index in [2.05, 4.69) is 15.0 Å². The topological polar surface area (TPSA) is 50.8 Å². The number of morpholine rings is 1. The van der Waals surface area contributed by atoms with Gasteiger partial charge in [-0.15, -0.1) is 13.2 Å². The largest absolute Gasteiger partial charge is 0.573 e. The molecular weight excluding hydrogens is 337 g/mol. The highest BCUT2D eigenvalue weighted by Crippen LogP contribution is 2.22. The van der Waals surface area contributed by atoms with Gasteiger partial charge in [0, 0.05) is 31.2 Å². The maximum absolute atomic E-state index is 12.1. The molecule has 0 bridgehead atoms. The minimum Gasteiger partial charge on any atom is -0.406 e. The number of rotatable bonds is 5. The summed E-state index contributed by atoms with van der Waals surface area (Å²) < 4.78 is 45.9. The molecule has 1 amide bonds. The predicted octanol–water partition coefficient (Wildman–Crippen LogP) is 2.81. The van der Waals surface area contributed by atoms with Crippen LogP contribution in [0.25, 0.3) is 0 Å². The number of carbonyl (C=O) groups excluding carboxylic acids is 1. The summed E-state index contributed by atoms with van der Waals surface area (Å²) in [5.41, 5.74) is 0.283. The molecule has 1 fully saturated rings.